The van der Waals surface area contributed by atoms with Crippen molar-refractivity contribution in [2.75, 3.05) is 22.8 Å². The number of nitrogens with one attached hydrogen (secondary N) is 2. The van der Waals surface area contributed by atoms with Gasteiger partial charge in [-0.2, -0.15) is 0 Å². The first kappa shape index (κ1) is 16.0. The number of carbonyl (C=O) groups excluding carboxylic acids is 2. The Balaban J connectivity index is 2.12. The summed E-state index contributed by atoms with van der Waals surface area (Å²) in [4.78, 5) is 23.8. The number of imide groups is 1. The van der Waals surface area contributed by atoms with Crippen LogP contribution in [0.1, 0.15) is 6.92 Å². The molecule has 1 aliphatic heterocycles. The first-order chi connectivity index (χ1) is 10.2. The molecule has 0 atom stereocenters. The van der Waals surface area contributed by atoms with E-state index in [-0.39, 0.29) is 18.1 Å². The van der Waals surface area contributed by atoms with Crippen LogP contribution in [0.5, 0.6) is 0 Å². The van der Waals surface area contributed by atoms with Gasteiger partial charge in [0.15, 0.2) is 0 Å². The van der Waals surface area contributed by atoms with E-state index in [2.05, 4.69) is 5.32 Å². The fourth-order valence-corrected chi connectivity index (χ4v) is 2.49. The van der Waals surface area contributed by atoms with Gasteiger partial charge in [0.05, 0.1) is 18.5 Å². The molecule has 0 aromatic heterocycles. The van der Waals surface area contributed by atoms with Crippen molar-refractivity contribution in [1.82, 2.24) is 4.90 Å². The highest BCUT2D eigenvalue weighted by Gasteiger charge is 2.24. The Morgan fingerprint density at radius 1 is 1.36 bits per heavy atom. The largest absolute Gasteiger partial charge is 0.357 e. The second-order valence-corrected chi connectivity index (χ2v) is 6.56. The number of nitrogens with zero attached hydrogens (tertiary/aromatic N) is 1. The summed E-state index contributed by atoms with van der Waals surface area (Å²) in [6.07, 6.45) is 2.17. The van der Waals surface area contributed by atoms with Gasteiger partial charge >= 0.3 is 0 Å². The van der Waals surface area contributed by atoms with E-state index in [1.54, 1.807) is 0 Å². The van der Waals surface area contributed by atoms with Crippen molar-refractivity contribution in [2.24, 2.45) is 0 Å². The number of hydrogen-bond donors (Lipinski definition) is 2. The van der Waals surface area contributed by atoms with Crippen LogP contribution in [0.2, 0.25) is 0 Å². The maximum Gasteiger partial charge on any atom is 0.255 e. The van der Waals surface area contributed by atoms with Gasteiger partial charge in [-0.25, -0.2) is 12.8 Å². The van der Waals surface area contributed by atoms with E-state index >= 15 is 0 Å². The van der Waals surface area contributed by atoms with Crippen LogP contribution in [0.15, 0.2) is 30.0 Å². The van der Waals surface area contributed by atoms with Crippen LogP contribution in [-0.2, 0) is 19.6 Å². The van der Waals surface area contributed by atoms with Crippen molar-refractivity contribution in [1.29, 1.82) is 0 Å². The van der Waals surface area contributed by atoms with E-state index in [9.17, 15) is 22.4 Å². The lowest BCUT2D eigenvalue weighted by molar-refractivity contribution is -0.138. The molecule has 0 radical (unpaired) electrons. The maximum atomic E-state index is 13.8. The molecule has 0 spiro atoms. The van der Waals surface area contributed by atoms with Gasteiger partial charge in [0, 0.05) is 24.4 Å². The number of halogens is 1. The predicted molar refractivity (Wildman–Crippen MR) is 79.0 cm³/mol. The van der Waals surface area contributed by atoms with Gasteiger partial charge in [0.2, 0.25) is 15.9 Å². The summed E-state index contributed by atoms with van der Waals surface area (Å²) in [6, 6.07) is 3.81. The average molecular weight is 327 g/mol. The van der Waals surface area contributed by atoms with E-state index in [0.29, 0.717) is 11.4 Å². The van der Waals surface area contributed by atoms with Crippen LogP contribution in [0.25, 0.3) is 0 Å². The minimum atomic E-state index is -3.57. The summed E-state index contributed by atoms with van der Waals surface area (Å²) in [5, 5.41) is 2.82. The van der Waals surface area contributed by atoms with Crippen LogP contribution in [0, 0.1) is 5.82 Å². The zero-order valence-corrected chi connectivity index (χ0v) is 12.7. The monoisotopic (exact) mass is 327 g/mol. The van der Waals surface area contributed by atoms with Crippen molar-refractivity contribution in [3.8, 4) is 0 Å². The highest BCUT2D eigenvalue weighted by Crippen LogP contribution is 2.22. The second-order valence-electron chi connectivity index (χ2n) is 4.81. The normalized spacial score (nSPS) is 14.8. The third-order valence-electron chi connectivity index (χ3n) is 2.84. The molecule has 0 saturated carbocycles. The minimum Gasteiger partial charge on any atom is -0.357 e. The number of amides is 2. The number of hydrogen-bond acceptors (Lipinski definition) is 5. The molecule has 22 heavy (non-hydrogen) atoms. The lowest BCUT2D eigenvalue weighted by Gasteiger charge is -2.13. The van der Waals surface area contributed by atoms with E-state index in [1.165, 1.54) is 25.1 Å². The van der Waals surface area contributed by atoms with Crippen molar-refractivity contribution in [3.05, 3.63) is 35.8 Å². The molecular weight excluding hydrogens is 313 g/mol. The highest BCUT2D eigenvalue weighted by molar-refractivity contribution is 7.92. The number of sulfonamides is 1. The molecule has 2 N–H and O–H groups in total. The van der Waals surface area contributed by atoms with Crippen LogP contribution < -0.4 is 10.0 Å². The van der Waals surface area contributed by atoms with Gasteiger partial charge in [-0.3, -0.25) is 19.2 Å². The molecule has 1 aromatic rings. The summed E-state index contributed by atoms with van der Waals surface area (Å²) in [6.45, 7) is 1.36. The van der Waals surface area contributed by atoms with Crippen molar-refractivity contribution >= 4 is 33.2 Å². The minimum absolute atomic E-state index is 0.0825. The van der Waals surface area contributed by atoms with Crippen molar-refractivity contribution in [3.63, 3.8) is 0 Å². The van der Waals surface area contributed by atoms with Crippen LogP contribution in [-0.4, -0.2) is 37.9 Å². The predicted octanol–water partition coefficient (Wildman–Crippen LogP) is 0.882. The van der Waals surface area contributed by atoms with Gasteiger partial charge < -0.3 is 5.32 Å². The Morgan fingerprint density at radius 2 is 2.05 bits per heavy atom. The summed E-state index contributed by atoms with van der Waals surface area (Å²) < 4.78 is 38.0. The van der Waals surface area contributed by atoms with Crippen LogP contribution >= 0.6 is 0 Å². The molecule has 0 bridgehead atoms. The molecule has 118 valence electrons. The molecule has 9 heteroatoms. The van der Waals surface area contributed by atoms with E-state index < -0.39 is 21.7 Å². The van der Waals surface area contributed by atoms with Gasteiger partial charge in [-0.05, 0) is 18.2 Å². The molecule has 2 rings (SSSR count). The summed E-state index contributed by atoms with van der Waals surface area (Å²) in [7, 11) is -3.57. The smallest absolute Gasteiger partial charge is 0.255 e. The van der Waals surface area contributed by atoms with Gasteiger partial charge in [-0.15, -0.1) is 0 Å². The Morgan fingerprint density at radius 3 is 2.55 bits per heavy atom. The molecule has 1 heterocycles. The molecule has 0 unspecified atom stereocenters. The molecule has 7 nitrogen and oxygen atoms in total. The Labute approximate surface area is 126 Å². The molecule has 1 aliphatic rings. The Kier molecular flexibility index (Phi) is 4.18. The van der Waals surface area contributed by atoms with Crippen LogP contribution in [0.3, 0.4) is 0 Å². The quantitative estimate of drug-likeness (QED) is 0.856. The van der Waals surface area contributed by atoms with Crippen molar-refractivity contribution in [2.45, 2.75) is 6.92 Å². The third kappa shape index (κ3) is 3.82. The number of carbonyl (C=O) groups is 2. The number of rotatable bonds is 4. The molecular formula is C13H14FN3O4S. The lowest BCUT2D eigenvalue weighted by Crippen LogP contribution is -2.31. The average Bonchev–Trinajstić information content (AvgIpc) is 2.72. The second kappa shape index (κ2) is 5.76. The third-order valence-corrected chi connectivity index (χ3v) is 3.43. The van der Waals surface area contributed by atoms with E-state index in [1.807, 2.05) is 4.72 Å². The zero-order valence-electron chi connectivity index (χ0n) is 11.9. The SMILES string of the molecule is CC(=O)N1CC(Nc2ccc(NS(C)(=O)=O)c(F)c2)=CC1=O. The molecule has 1 aromatic carbocycles. The number of anilines is 2. The summed E-state index contributed by atoms with van der Waals surface area (Å²) >= 11 is 0. The highest BCUT2D eigenvalue weighted by atomic mass is 32.2. The number of benzene rings is 1. The molecule has 0 saturated heterocycles. The lowest BCUT2D eigenvalue weighted by atomic mass is 10.2. The van der Waals surface area contributed by atoms with Gasteiger partial charge in [0.1, 0.15) is 5.82 Å². The van der Waals surface area contributed by atoms with Gasteiger partial charge in [-0.1, -0.05) is 0 Å². The fourth-order valence-electron chi connectivity index (χ4n) is 1.92. The topological polar surface area (TPSA) is 95.6 Å². The Bertz CT molecular complexity index is 773. The standard InChI is InChI=1S/C13H14FN3O4S/c1-8(18)17-7-10(6-13(17)19)15-9-3-4-12(11(14)5-9)16-22(2,20)21/h3-6,15-16H,7H2,1-2H3. The first-order valence-corrected chi connectivity index (χ1v) is 8.12. The van der Waals surface area contributed by atoms with E-state index in [4.69, 9.17) is 0 Å². The molecule has 0 aliphatic carbocycles. The van der Waals surface area contributed by atoms with Crippen LogP contribution in [0.4, 0.5) is 15.8 Å². The van der Waals surface area contributed by atoms with E-state index in [0.717, 1.165) is 17.2 Å². The van der Waals surface area contributed by atoms with Crippen molar-refractivity contribution < 1.29 is 22.4 Å². The Hall–Kier alpha value is -2.42. The first-order valence-electron chi connectivity index (χ1n) is 6.23. The summed E-state index contributed by atoms with van der Waals surface area (Å²) in [5.41, 5.74) is 0.610. The molecule has 2 amide bonds. The zero-order chi connectivity index (χ0) is 16.5. The maximum absolute atomic E-state index is 13.8. The fraction of sp³-hybridized carbons (Fsp3) is 0.231. The van der Waals surface area contributed by atoms with Gasteiger partial charge in [0.25, 0.3) is 5.91 Å². The molecule has 0 fully saturated rings. The summed E-state index contributed by atoms with van der Waals surface area (Å²) in [5.74, 6) is -1.58.